The fraction of sp³-hybridized carbons (Fsp3) is 0.222. The summed E-state index contributed by atoms with van der Waals surface area (Å²) in [4.78, 5) is 17.7. The van der Waals surface area contributed by atoms with Gasteiger partial charge in [0.15, 0.2) is 5.82 Å². The van der Waals surface area contributed by atoms with Crippen molar-refractivity contribution in [2.24, 2.45) is 0 Å². The Morgan fingerprint density at radius 3 is 2.50 bits per heavy atom. The summed E-state index contributed by atoms with van der Waals surface area (Å²) in [6, 6.07) is 17.4. The summed E-state index contributed by atoms with van der Waals surface area (Å²) in [5, 5.41) is 2.83. The first-order valence-corrected chi connectivity index (χ1v) is 7.62. The molecule has 1 atom stereocenters. The summed E-state index contributed by atoms with van der Waals surface area (Å²) in [6.07, 6.45) is 0. The van der Waals surface area contributed by atoms with Gasteiger partial charge in [-0.05, 0) is 38.1 Å². The summed E-state index contributed by atoms with van der Waals surface area (Å²) >= 11 is 0. The minimum Gasteiger partial charge on any atom is -0.338 e. The number of aromatic nitrogens is 2. The molecule has 0 saturated heterocycles. The number of rotatable bonds is 4. The standard InChI is InChI=1S/C18H19N3O/c1-3-19-13(2)17-20-16-12-8-7-11-15(16)18(22)21(17)14-9-5-4-6-10-14/h4-13,19H,3H2,1-2H3/p+1/t13-/m1/s1. The van der Waals surface area contributed by atoms with Crippen LogP contribution < -0.4 is 10.9 Å². The fourth-order valence-electron chi connectivity index (χ4n) is 2.74. The van der Waals surface area contributed by atoms with Crippen molar-refractivity contribution in [1.29, 1.82) is 0 Å². The number of nitrogens with two attached hydrogens (primary N) is 1. The molecule has 2 N–H and O–H groups in total. The van der Waals surface area contributed by atoms with E-state index in [2.05, 4.69) is 19.2 Å². The van der Waals surface area contributed by atoms with Gasteiger partial charge in [0.1, 0.15) is 6.04 Å². The van der Waals surface area contributed by atoms with E-state index in [0.717, 1.165) is 23.6 Å². The maximum absolute atomic E-state index is 13.0. The molecular formula is C18H20N3O+. The van der Waals surface area contributed by atoms with Crippen LogP contribution in [0.5, 0.6) is 0 Å². The molecule has 0 amide bonds. The van der Waals surface area contributed by atoms with Crippen molar-refractivity contribution in [3.8, 4) is 5.69 Å². The summed E-state index contributed by atoms with van der Waals surface area (Å²) in [5.74, 6) is 0.789. The SMILES string of the molecule is CC[NH2+][C@H](C)c1nc2ccccc2c(=O)n1-c1ccccc1. The second kappa shape index (κ2) is 6.12. The molecule has 0 fully saturated rings. The van der Waals surface area contributed by atoms with Crippen LogP contribution in [0.2, 0.25) is 0 Å². The molecule has 4 nitrogen and oxygen atoms in total. The van der Waals surface area contributed by atoms with Crippen LogP contribution >= 0.6 is 0 Å². The van der Waals surface area contributed by atoms with E-state index in [1.54, 1.807) is 4.57 Å². The number of fused-ring (bicyclic) bond motifs is 1. The van der Waals surface area contributed by atoms with Gasteiger partial charge in [-0.3, -0.25) is 9.36 Å². The van der Waals surface area contributed by atoms with Crippen molar-refractivity contribution >= 4 is 10.9 Å². The van der Waals surface area contributed by atoms with Gasteiger partial charge in [-0.25, -0.2) is 4.98 Å². The lowest BCUT2D eigenvalue weighted by Crippen LogP contribution is -2.84. The van der Waals surface area contributed by atoms with Gasteiger partial charge >= 0.3 is 0 Å². The molecule has 3 rings (SSSR count). The third-order valence-electron chi connectivity index (χ3n) is 3.81. The first-order chi connectivity index (χ1) is 10.7. The Balaban J connectivity index is 2.34. The van der Waals surface area contributed by atoms with Gasteiger partial charge in [-0.15, -0.1) is 0 Å². The third kappa shape index (κ3) is 2.53. The highest BCUT2D eigenvalue weighted by atomic mass is 16.1. The molecule has 1 heterocycles. The van der Waals surface area contributed by atoms with Crippen molar-refractivity contribution in [3.63, 3.8) is 0 Å². The summed E-state index contributed by atoms with van der Waals surface area (Å²) < 4.78 is 1.74. The monoisotopic (exact) mass is 294 g/mol. The zero-order valence-corrected chi connectivity index (χ0v) is 12.9. The smallest absolute Gasteiger partial charge is 0.266 e. The lowest BCUT2D eigenvalue weighted by atomic mass is 10.2. The predicted octanol–water partition coefficient (Wildman–Crippen LogP) is 2.03. The Hall–Kier alpha value is -2.46. The summed E-state index contributed by atoms with van der Waals surface area (Å²) in [6.45, 7) is 5.13. The van der Waals surface area contributed by atoms with Gasteiger partial charge in [0, 0.05) is 0 Å². The van der Waals surface area contributed by atoms with E-state index in [1.807, 2.05) is 54.6 Å². The minimum absolute atomic E-state index is 0.0110. The topological polar surface area (TPSA) is 51.5 Å². The van der Waals surface area contributed by atoms with Gasteiger partial charge in [0.25, 0.3) is 5.56 Å². The highest BCUT2D eigenvalue weighted by Gasteiger charge is 2.19. The van der Waals surface area contributed by atoms with Gasteiger partial charge < -0.3 is 5.32 Å². The van der Waals surface area contributed by atoms with Crippen LogP contribution in [0.3, 0.4) is 0 Å². The molecule has 0 bridgehead atoms. The van der Waals surface area contributed by atoms with Crippen LogP contribution in [-0.2, 0) is 0 Å². The molecule has 0 radical (unpaired) electrons. The average molecular weight is 294 g/mol. The largest absolute Gasteiger partial charge is 0.338 e. The summed E-state index contributed by atoms with van der Waals surface area (Å²) in [7, 11) is 0. The lowest BCUT2D eigenvalue weighted by Gasteiger charge is -2.17. The van der Waals surface area contributed by atoms with Gasteiger partial charge in [-0.2, -0.15) is 0 Å². The molecule has 0 aliphatic rings. The first-order valence-electron chi connectivity index (χ1n) is 7.62. The normalized spacial score (nSPS) is 12.5. The molecular weight excluding hydrogens is 274 g/mol. The minimum atomic E-state index is -0.0110. The van der Waals surface area contributed by atoms with E-state index >= 15 is 0 Å². The molecule has 0 spiro atoms. The Bertz CT molecular complexity index is 840. The molecule has 3 aromatic rings. The number of hydrogen-bond donors (Lipinski definition) is 1. The highest BCUT2D eigenvalue weighted by Crippen LogP contribution is 2.15. The van der Waals surface area contributed by atoms with Crippen LogP contribution in [0.15, 0.2) is 59.4 Å². The second-order valence-corrected chi connectivity index (χ2v) is 5.40. The molecule has 0 unspecified atom stereocenters. The maximum Gasteiger partial charge on any atom is 0.266 e. The number of quaternary nitrogens is 1. The van der Waals surface area contributed by atoms with E-state index in [0.29, 0.717) is 5.39 Å². The van der Waals surface area contributed by atoms with Crippen LogP contribution in [-0.4, -0.2) is 16.1 Å². The Labute approximate surface area is 129 Å². The van der Waals surface area contributed by atoms with Gasteiger partial charge in [0.2, 0.25) is 0 Å². The summed E-state index contributed by atoms with van der Waals surface area (Å²) in [5.41, 5.74) is 1.60. The van der Waals surface area contributed by atoms with Gasteiger partial charge in [-0.1, -0.05) is 30.3 Å². The van der Waals surface area contributed by atoms with Crippen molar-refractivity contribution < 1.29 is 5.32 Å². The predicted molar refractivity (Wildman–Crippen MR) is 88.2 cm³/mol. The molecule has 22 heavy (non-hydrogen) atoms. The molecule has 112 valence electrons. The second-order valence-electron chi connectivity index (χ2n) is 5.40. The highest BCUT2D eigenvalue weighted by molar-refractivity contribution is 5.77. The number of benzene rings is 2. The quantitative estimate of drug-likeness (QED) is 0.800. The van der Waals surface area contributed by atoms with Crippen molar-refractivity contribution in [2.45, 2.75) is 19.9 Å². The number of hydrogen-bond acceptors (Lipinski definition) is 2. The van der Waals surface area contributed by atoms with Crippen molar-refractivity contribution in [3.05, 3.63) is 70.8 Å². The maximum atomic E-state index is 13.0. The first kappa shape index (κ1) is 14.5. The van der Waals surface area contributed by atoms with Crippen molar-refractivity contribution in [2.75, 3.05) is 6.54 Å². The van der Waals surface area contributed by atoms with Crippen molar-refractivity contribution in [1.82, 2.24) is 9.55 Å². The van der Waals surface area contributed by atoms with Crippen LogP contribution in [0.1, 0.15) is 25.7 Å². The van der Waals surface area contributed by atoms with E-state index in [4.69, 9.17) is 4.98 Å². The Morgan fingerprint density at radius 2 is 1.77 bits per heavy atom. The van der Waals surface area contributed by atoms with Gasteiger partial charge in [0.05, 0.1) is 23.1 Å². The molecule has 2 aromatic carbocycles. The number of para-hydroxylation sites is 2. The van der Waals surface area contributed by atoms with E-state index in [-0.39, 0.29) is 11.6 Å². The van der Waals surface area contributed by atoms with E-state index in [9.17, 15) is 4.79 Å². The lowest BCUT2D eigenvalue weighted by molar-refractivity contribution is -0.691. The zero-order valence-electron chi connectivity index (χ0n) is 12.9. The molecule has 0 aliphatic heterocycles. The molecule has 4 heteroatoms. The van der Waals surface area contributed by atoms with E-state index < -0.39 is 0 Å². The Morgan fingerprint density at radius 1 is 1.09 bits per heavy atom. The van der Waals surface area contributed by atoms with Crippen LogP contribution in [0.25, 0.3) is 16.6 Å². The van der Waals surface area contributed by atoms with E-state index in [1.165, 1.54) is 0 Å². The third-order valence-corrected chi connectivity index (χ3v) is 3.81. The number of nitrogens with zero attached hydrogens (tertiary/aromatic N) is 2. The fourth-order valence-corrected chi connectivity index (χ4v) is 2.74. The molecule has 0 aliphatic carbocycles. The average Bonchev–Trinajstić information content (AvgIpc) is 2.56. The Kier molecular flexibility index (Phi) is 4.02. The molecule has 1 aromatic heterocycles. The molecule has 0 saturated carbocycles. The van der Waals surface area contributed by atoms with Crippen LogP contribution in [0.4, 0.5) is 0 Å². The zero-order chi connectivity index (χ0) is 15.5. The van der Waals surface area contributed by atoms with Crippen LogP contribution in [0, 0.1) is 0 Å².